The van der Waals surface area contributed by atoms with Crippen molar-refractivity contribution in [3.05, 3.63) is 105 Å². The van der Waals surface area contributed by atoms with Gasteiger partial charge in [-0.25, -0.2) is 4.90 Å². The summed E-state index contributed by atoms with van der Waals surface area (Å²) in [5, 5.41) is 22.6. The predicted molar refractivity (Wildman–Crippen MR) is 160 cm³/mol. The van der Waals surface area contributed by atoms with Crippen molar-refractivity contribution in [3.63, 3.8) is 0 Å². The number of aromatic hydroxyl groups is 1. The molecule has 222 valence electrons. The number of hydrogen-bond donors (Lipinski definition) is 1. The van der Waals surface area contributed by atoms with Gasteiger partial charge < -0.3 is 5.11 Å². The highest BCUT2D eigenvalue weighted by atomic mass is 35.5. The summed E-state index contributed by atoms with van der Waals surface area (Å²) in [5.74, 6) is -5.54. The molecular formula is C33H26ClN3O7. The molecule has 2 heterocycles. The molecule has 2 aliphatic heterocycles. The zero-order chi connectivity index (χ0) is 31.1. The van der Waals surface area contributed by atoms with Crippen LogP contribution in [0.4, 0.5) is 17.1 Å². The van der Waals surface area contributed by atoms with E-state index in [1.165, 1.54) is 41.3 Å². The minimum absolute atomic E-state index is 0.0946. The normalized spacial score (nSPS) is 29.3. The molecule has 1 N–H and O–H groups in total. The van der Waals surface area contributed by atoms with Crippen LogP contribution in [0.3, 0.4) is 0 Å². The van der Waals surface area contributed by atoms with Gasteiger partial charge >= 0.3 is 0 Å². The smallest absolute Gasteiger partial charge is 0.269 e. The van der Waals surface area contributed by atoms with Crippen molar-refractivity contribution < 1.29 is 29.2 Å². The Morgan fingerprint density at radius 1 is 0.886 bits per heavy atom. The van der Waals surface area contributed by atoms with Crippen LogP contribution in [0.25, 0.3) is 0 Å². The van der Waals surface area contributed by atoms with Gasteiger partial charge in [-0.05, 0) is 68.1 Å². The molecule has 6 atom stereocenters. The molecule has 11 heteroatoms. The van der Waals surface area contributed by atoms with Crippen molar-refractivity contribution in [2.75, 3.05) is 9.80 Å². The van der Waals surface area contributed by atoms with Gasteiger partial charge in [0.25, 0.3) is 5.69 Å². The second-order valence-electron chi connectivity index (χ2n) is 12.0. The molecule has 44 heavy (non-hydrogen) atoms. The van der Waals surface area contributed by atoms with Gasteiger partial charge in [0.2, 0.25) is 23.6 Å². The minimum atomic E-state index is -1.31. The predicted octanol–water partition coefficient (Wildman–Crippen LogP) is 5.39. The number of allylic oxidation sites excluding steroid dienone is 2. The van der Waals surface area contributed by atoms with Crippen LogP contribution in [-0.2, 0) is 19.2 Å². The van der Waals surface area contributed by atoms with Crippen LogP contribution in [0.2, 0.25) is 5.02 Å². The van der Waals surface area contributed by atoms with Gasteiger partial charge in [0.1, 0.15) is 5.75 Å². The number of benzene rings is 3. The number of phenols is 1. The number of halogens is 1. The first-order valence-electron chi connectivity index (χ1n) is 14.3. The molecule has 2 saturated heterocycles. The van der Waals surface area contributed by atoms with E-state index in [2.05, 4.69) is 0 Å². The number of carbonyl (C=O) groups is 4. The van der Waals surface area contributed by atoms with E-state index in [-0.39, 0.29) is 30.0 Å². The summed E-state index contributed by atoms with van der Waals surface area (Å²) < 4.78 is 0. The van der Waals surface area contributed by atoms with E-state index in [0.29, 0.717) is 21.8 Å². The van der Waals surface area contributed by atoms with Gasteiger partial charge in [0.15, 0.2) is 0 Å². The van der Waals surface area contributed by atoms with Crippen LogP contribution in [0, 0.1) is 39.2 Å². The second-order valence-corrected chi connectivity index (χ2v) is 12.4. The van der Waals surface area contributed by atoms with Crippen molar-refractivity contribution in [2.24, 2.45) is 29.1 Å². The van der Waals surface area contributed by atoms with Gasteiger partial charge in [-0.2, -0.15) is 0 Å². The van der Waals surface area contributed by atoms with Crippen LogP contribution in [0.5, 0.6) is 5.75 Å². The lowest BCUT2D eigenvalue weighted by atomic mass is 9.51. The number of carbonyl (C=O) groups excluding carboxylic acids is 4. The first kappa shape index (κ1) is 28.0. The highest BCUT2D eigenvalue weighted by Crippen LogP contribution is 2.64. The summed E-state index contributed by atoms with van der Waals surface area (Å²) in [6, 6.07) is 18.4. The Balaban J connectivity index is 1.36. The maximum Gasteiger partial charge on any atom is 0.269 e. The molecule has 4 amide bonds. The number of nitro groups is 1. The number of nitro benzene ring substituents is 1. The van der Waals surface area contributed by atoms with Crippen molar-refractivity contribution in [1.82, 2.24) is 0 Å². The zero-order valence-electron chi connectivity index (χ0n) is 23.4. The fraction of sp³-hybridized carbons (Fsp3) is 0.273. The van der Waals surface area contributed by atoms with Gasteiger partial charge in [0.05, 0.1) is 39.5 Å². The Kier molecular flexibility index (Phi) is 6.26. The molecule has 10 nitrogen and oxygen atoms in total. The third kappa shape index (κ3) is 3.80. The third-order valence-electron chi connectivity index (χ3n) is 9.91. The molecule has 1 saturated carbocycles. The van der Waals surface area contributed by atoms with E-state index < -0.39 is 63.6 Å². The molecule has 3 aromatic carbocycles. The number of fused-ring (bicyclic) bond motifs is 4. The number of para-hydroxylation sites is 1. The second kappa shape index (κ2) is 9.85. The zero-order valence-corrected chi connectivity index (χ0v) is 24.2. The van der Waals surface area contributed by atoms with E-state index in [0.717, 1.165) is 4.90 Å². The molecule has 4 aliphatic rings. The number of nitrogens with zero attached hydrogens (tertiary/aromatic N) is 3. The Morgan fingerprint density at radius 2 is 1.57 bits per heavy atom. The van der Waals surface area contributed by atoms with Crippen LogP contribution >= 0.6 is 11.6 Å². The standard InChI is InChI=1S/C33H26ClN3O7/c1-33-25(30(40)36(32(33)42)18-5-3-2-4-6-18)16-23-21(28(33)24-15-17(34)7-14-26(24)38)12-13-22-27(23)31(41)35(29(22)39)19-8-10-20(11-9-19)37(43)44/h2-12,14-15,22-23,25,27-28,38H,13,16H2,1H3. The number of non-ortho nitro benzene ring substituents is 1. The fourth-order valence-electron chi connectivity index (χ4n) is 7.92. The third-order valence-corrected chi connectivity index (χ3v) is 10.1. The number of phenolic OH excluding ortho intramolecular Hbond substituents is 1. The van der Waals surface area contributed by atoms with Crippen molar-refractivity contribution in [1.29, 1.82) is 0 Å². The largest absolute Gasteiger partial charge is 0.508 e. The molecule has 0 bridgehead atoms. The summed E-state index contributed by atoms with van der Waals surface area (Å²) in [6.07, 6.45) is 2.25. The number of rotatable bonds is 4. The van der Waals surface area contributed by atoms with Crippen LogP contribution < -0.4 is 9.80 Å². The quantitative estimate of drug-likeness (QED) is 0.181. The molecular weight excluding hydrogens is 586 g/mol. The van der Waals surface area contributed by atoms with Gasteiger partial charge in [-0.3, -0.25) is 34.2 Å². The average molecular weight is 612 g/mol. The fourth-order valence-corrected chi connectivity index (χ4v) is 8.10. The molecule has 0 aromatic heterocycles. The molecule has 2 aliphatic carbocycles. The first-order valence-corrected chi connectivity index (χ1v) is 14.7. The lowest BCUT2D eigenvalue weighted by Crippen LogP contribution is -2.48. The molecule has 6 unspecified atom stereocenters. The minimum Gasteiger partial charge on any atom is -0.508 e. The summed E-state index contributed by atoms with van der Waals surface area (Å²) in [7, 11) is 0. The van der Waals surface area contributed by atoms with Crippen LogP contribution in [0.1, 0.15) is 31.2 Å². The summed E-state index contributed by atoms with van der Waals surface area (Å²) in [6.45, 7) is 1.74. The van der Waals surface area contributed by atoms with Gasteiger partial charge in [-0.15, -0.1) is 0 Å². The van der Waals surface area contributed by atoms with E-state index >= 15 is 0 Å². The number of imide groups is 2. The summed E-state index contributed by atoms with van der Waals surface area (Å²) in [4.78, 5) is 69.2. The summed E-state index contributed by atoms with van der Waals surface area (Å²) >= 11 is 6.40. The Bertz CT molecular complexity index is 1810. The molecule has 3 aromatic rings. The highest BCUT2D eigenvalue weighted by Gasteiger charge is 2.68. The molecule has 3 fully saturated rings. The SMILES string of the molecule is CC12C(=O)N(c3ccccc3)C(=O)C1CC1C(=CCC3C(=O)N(c4ccc([N+](=O)[O-])cc4)C(=O)C31)C2c1cc(Cl)ccc1O. The number of amides is 4. The van der Waals surface area contributed by atoms with E-state index in [1.807, 2.05) is 6.08 Å². The Hall–Kier alpha value is -4.83. The Labute approximate surface area is 256 Å². The van der Waals surface area contributed by atoms with Crippen molar-refractivity contribution >= 4 is 52.3 Å². The molecule has 7 rings (SSSR count). The van der Waals surface area contributed by atoms with E-state index in [9.17, 15) is 34.4 Å². The van der Waals surface area contributed by atoms with Gasteiger partial charge in [-0.1, -0.05) is 41.4 Å². The monoisotopic (exact) mass is 611 g/mol. The first-order chi connectivity index (χ1) is 21.0. The topological polar surface area (TPSA) is 138 Å². The summed E-state index contributed by atoms with van der Waals surface area (Å²) in [5.41, 5.74) is 0.266. The van der Waals surface area contributed by atoms with Crippen molar-refractivity contribution in [3.8, 4) is 5.75 Å². The molecule has 0 radical (unpaired) electrons. The lowest BCUT2D eigenvalue weighted by molar-refractivity contribution is -0.384. The van der Waals surface area contributed by atoms with Crippen LogP contribution in [-0.4, -0.2) is 33.7 Å². The highest BCUT2D eigenvalue weighted by molar-refractivity contribution is 6.30. The maximum absolute atomic E-state index is 14.4. The molecule has 0 spiro atoms. The lowest BCUT2D eigenvalue weighted by Gasteiger charge is -2.49. The van der Waals surface area contributed by atoms with E-state index in [4.69, 9.17) is 11.6 Å². The Morgan fingerprint density at radius 3 is 2.25 bits per heavy atom. The van der Waals surface area contributed by atoms with E-state index in [1.54, 1.807) is 43.3 Å². The van der Waals surface area contributed by atoms with Crippen LogP contribution in [0.15, 0.2) is 84.4 Å². The van der Waals surface area contributed by atoms with Gasteiger partial charge in [0, 0.05) is 28.6 Å². The number of hydrogen-bond acceptors (Lipinski definition) is 7. The van der Waals surface area contributed by atoms with Crippen molar-refractivity contribution in [2.45, 2.75) is 25.7 Å². The number of anilines is 2. The maximum atomic E-state index is 14.4. The average Bonchev–Trinajstić information content (AvgIpc) is 3.38.